The zero-order valence-electron chi connectivity index (χ0n) is 6.69. The van der Waals surface area contributed by atoms with Gasteiger partial charge in [-0.2, -0.15) is 0 Å². The van der Waals surface area contributed by atoms with E-state index in [0.717, 1.165) is 0 Å². The van der Waals surface area contributed by atoms with Gasteiger partial charge in [-0.15, -0.1) is 0 Å². The van der Waals surface area contributed by atoms with Crippen molar-refractivity contribution in [2.45, 2.75) is 0 Å². The number of hydrogen-bond donors (Lipinski definition) is 0. The second-order valence-electron chi connectivity index (χ2n) is 2.66. The Morgan fingerprint density at radius 1 is 1.07 bits per heavy atom. The lowest BCUT2D eigenvalue weighted by atomic mass is 10.2. The highest BCUT2D eigenvalue weighted by Gasteiger charge is 2.18. The molecule has 2 rings (SSSR count). The average molecular weight is 262 g/mol. The molecule has 0 amide bonds. The molecule has 0 aliphatic rings. The zero-order valence-corrected chi connectivity index (χ0v) is 8.28. The predicted molar refractivity (Wildman–Crippen MR) is 49.3 cm³/mol. The molecule has 1 aromatic carbocycles. The number of halogens is 4. The molecule has 1 aromatic heterocycles. The van der Waals surface area contributed by atoms with E-state index in [2.05, 4.69) is 20.9 Å². The fourth-order valence-corrected chi connectivity index (χ4v) is 1.53. The minimum Gasteiger partial charge on any atom is -0.253 e. The number of aromatic nitrogens is 1. The molecule has 0 unspecified atom stereocenters. The zero-order chi connectivity index (χ0) is 10.3. The molecule has 2 aromatic rings. The molecule has 0 saturated heterocycles. The van der Waals surface area contributed by atoms with Gasteiger partial charge in [-0.25, -0.2) is 13.2 Å². The second kappa shape index (κ2) is 3.24. The molecule has 0 N–H and O–H groups in total. The minimum absolute atomic E-state index is 0.161. The van der Waals surface area contributed by atoms with Crippen LogP contribution in [0.4, 0.5) is 13.2 Å². The Morgan fingerprint density at radius 3 is 2.50 bits per heavy atom. The van der Waals surface area contributed by atoms with E-state index in [-0.39, 0.29) is 10.9 Å². The maximum atomic E-state index is 13.3. The van der Waals surface area contributed by atoms with Crippen LogP contribution in [0.1, 0.15) is 0 Å². The summed E-state index contributed by atoms with van der Waals surface area (Å²) in [6.45, 7) is 0. The van der Waals surface area contributed by atoms with Gasteiger partial charge in [0.25, 0.3) is 0 Å². The first-order valence-corrected chi connectivity index (χ1v) is 4.49. The summed E-state index contributed by atoms with van der Waals surface area (Å²) in [6, 6.07) is 2.69. The molecule has 0 fully saturated rings. The summed E-state index contributed by atoms with van der Waals surface area (Å²) in [5.41, 5.74) is -0.182. The van der Waals surface area contributed by atoms with Crippen LogP contribution >= 0.6 is 15.9 Å². The summed E-state index contributed by atoms with van der Waals surface area (Å²) in [7, 11) is 0. The van der Waals surface area contributed by atoms with Gasteiger partial charge in [0.05, 0.1) is 4.47 Å². The third-order valence-electron chi connectivity index (χ3n) is 1.83. The van der Waals surface area contributed by atoms with Crippen molar-refractivity contribution in [3.63, 3.8) is 0 Å². The highest BCUT2D eigenvalue weighted by Crippen LogP contribution is 2.29. The van der Waals surface area contributed by atoms with E-state index in [1.165, 1.54) is 18.3 Å². The maximum absolute atomic E-state index is 13.3. The number of fused-ring (bicyclic) bond motifs is 1. The molecule has 0 atom stereocenters. The Morgan fingerprint density at radius 2 is 1.79 bits per heavy atom. The molecule has 0 aliphatic carbocycles. The first-order chi connectivity index (χ1) is 6.63. The molecule has 0 spiro atoms. The quantitative estimate of drug-likeness (QED) is 0.523. The van der Waals surface area contributed by atoms with E-state index in [1.807, 2.05) is 0 Å². The summed E-state index contributed by atoms with van der Waals surface area (Å²) in [6.07, 6.45) is 1.31. The molecule has 0 aliphatic heterocycles. The lowest BCUT2D eigenvalue weighted by Gasteiger charge is -2.03. The maximum Gasteiger partial charge on any atom is 0.176 e. The molecule has 5 heteroatoms. The number of benzene rings is 1. The number of nitrogens with zero attached hydrogens (tertiary/aromatic N) is 1. The van der Waals surface area contributed by atoms with Crippen molar-refractivity contribution in [3.05, 3.63) is 40.3 Å². The Bertz CT molecular complexity index is 466. The predicted octanol–water partition coefficient (Wildman–Crippen LogP) is 3.41. The van der Waals surface area contributed by atoms with E-state index >= 15 is 0 Å². The molecule has 1 heterocycles. The highest BCUT2D eigenvalue weighted by molar-refractivity contribution is 9.10. The fourth-order valence-electron chi connectivity index (χ4n) is 1.17. The van der Waals surface area contributed by atoms with Crippen LogP contribution in [0.15, 0.2) is 22.8 Å². The standard InChI is InChI=1S/C9H3BrF3N/c10-5-7(12)6(11)4-2-1-3-14-9(4)8(5)13/h1-3H. The third kappa shape index (κ3) is 1.19. The first kappa shape index (κ1) is 9.45. The second-order valence-corrected chi connectivity index (χ2v) is 3.45. The van der Waals surface area contributed by atoms with Gasteiger partial charge >= 0.3 is 0 Å². The molecular formula is C9H3BrF3N. The number of hydrogen-bond acceptors (Lipinski definition) is 1. The van der Waals surface area contributed by atoms with Crippen LogP contribution in [-0.4, -0.2) is 4.98 Å². The number of rotatable bonds is 0. The molecule has 1 nitrogen and oxygen atoms in total. The van der Waals surface area contributed by atoms with Crippen LogP contribution in [0.3, 0.4) is 0 Å². The van der Waals surface area contributed by atoms with E-state index in [9.17, 15) is 13.2 Å². The average Bonchev–Trinajstić information content (AvgIpc) is 2.23. The number of pyridine rings is 1. The molecular weight excluding hydrogens is 259 g/mol. The van der Waals surface area contributed by atoms with E-state index in [4.69, 9.17) is 0 Å². The summed E-state index contributed by atoms with van der Waals surface area (Å²) in [4.78, 5) is 3.63. The Hall–Kier alpha value is -1.10. The minimum atomic E-state index is -1.23. The van der Waals surface area contributed by atoms with Crippen molar-refractivity contribution in [2.24, 2.45) is 0 Å². The van der Waals surface area contributed by atoms with Gasteiger partial charge in [0.2, 0.25) is 0 Å². The van der Waals surface area contributed by atoms with E-state index in [1.54, 1.807) is 0 Å². The Balaban J connectivity index is 3.02. The highest BCUT2D eigenvalue weighted by atomic mass is 79.9. The van der Waals surface area contributed by atoms with Gasteiger partial charge in [0.1, 0.15) is 5.52 Å². The monoisotopic (exact) mass is 261 g/mol. The van der Waals surface area contributed by atoms with Gasteiger partial charge in [-0.1, -0.05) is 0 Å². The Labute approximate surface area is 85.7 Å². The van der Waals surface area contributed by atoms with Crippen molar-refractivity contribution < 1.29 is 13.2 Å². The van der Waals surface area contributed by atoms with Gasteiger partial charge in [-0.3, -0.25) is 4.98 Å². The summed E-state index contributed by atoms with van der Waals surface area (Å²) >= 11 is 2.62. The Kier molecular flexibility index (Phi) is 2.19. The van der Waals surface area contributed by atoms with Crippen LogP contribution in [0.5, 0.6) is 0 Å². The van der Waals surface area contributed by atoms with Crippen LogP contribution in [0.25, 0.3) is 10.9 Å². The SMILES string of the molecule is Fc1c(Br)c(F)c2ncccc2c1F. The molecule has 72 valence electrons. The molecule has 14 heavy (non-hydrogen) atoms. The van der Waals surface area contributed by atoms with Crippen LogP contribution < -0.4 is 0 Å². The van der Waals surface area contributed by atoms with Crippen molar-refractivity contribution >= 4 is 26.8 Å². The van der Waals surface area contributed by atoms with Crippen LogP contribution in [-0.2, 0) is 0 Å². The summed E-state index contributed by atoms with van der Waals surface area (Å²) in [5, 5.41) is -0.161. The van der Waals surface area contributed by atoms with Crippen molar-refractivity contribution in [1.29, 1.82) is 0 Å². The van der Waals surface area contributed by atoms with Gasteiger partial charge in [0, 0.05) is 11.6 Å². The van der Waals surface area contributed by atoms with Gasteiger partial charge in [-0.05, 0) is 28.1 Å². The van der Waals surface area contributed by atoms with Gasteiger partial charge in [0.15, 0.2) is 17.5 Å². The van der Waals surface area contributed by atoms with Crippen molar-refractivity contribution in [2.75, 3.05) is 0 Å². The normalized spacial score (nSPS) is 10.9. The molecule has 0 bridgehead atoms. The first-order valence-electron chi connectivity index (χ1n) is 3.69. The largest absolute Gasteiger partial charge is 0.253 e. The van der Waals surface area contributed by atoms with E-state index < -0.39 is 21.9 Å². The van der Waals surface area contributed by atoms with Crippen LogP contribution in [0.2, 0.25) is 0 Å². The van der Waals surface area contributed by atoms with Crippen LogP contribution in [0, 0.1) is 17.5 Å². The van der Waals surface area contributed by atoms with Gasteiger partial charge < -0.3 is 0 Å². The molecule has 0 radical (unpaired) electrons. The smallest absolute Gasteiger partial charge is 0.176 e. The van der Waals surface area contributed by atoms with E-state index in [0.29, 0.717) is 0 Å². The summed E-state index contributed by atoms with van der Waals surface area (Å²) < 4.78 is 39.1. The topological polar surface area (TPSA) is 12.9 Å². The molecule has 0 saturated carbocycles. The van der Waals surface area contributed by atoms with Crippen molar-refractivity contribution in [3.8, 4) is 0 Å². The third-order valence-corrected chi connectivity index (χ3v) is 2.53. The van der Waals surface area contributed by atoms with Crippen molar-refractivity contribution in [1.82, 2.24) is 4.98 Å². The fraction of sp³-hybridized carbons (Fsp3) is 0. The lowest BCUT2D eigenvalue weighted by molar-refractivity contribution is 0.498. The lowest BCUT2D eigenvalue weighted by Crippen LogP contribution is -1.95. The summed E-state index contributed by atoms with van der Waals surface area (Å²) in [5.74, 6) is -3.22.